The van der Waals surface area contributed by atoms with Gasteiger partial charge in [-0.1, -0.05) is 29.4 Å². The van der Waals surface area contributed by atoms with Crippen LogP contribution in [0.15, 0.2) is 18.2 Å². The van der Waals surface area contributed by atoms with E-state index in [0.717, 1.165) is 41.2 Å². The van der Waals surface area contributed by atoms with Gasteiger partial charge >= 0.3 is 0 Å². The van der Waals surface area contributed by atoms with E-state index in [9.17, 15) is 4.79 Å². The molecule has 1 fully saturated rings. The molecule has 126 valence electrons. The molecule has 3 rings (SSSR count). The fourth-order valence-corrected chi connectivity index (χ4v) is 3.75. The van der Waals surface area contributed by atoms with Crippen molar-refractivity contribution in [3.05, 3.63) is 23.2 Å². The molecule has 1 aromatic heterocycles. The molecule has 1 saturated carbocycles. The highest BCUT2D eigenvalue weighted by molar-refractivity contribution is 7.22. The van der Waals surface area contributed by atoms with Crippen LogP contribution < -0.4 is 4.90 Å². The summed E-state index contributed by atoms with van der Waals surface area (Å²) in [6.45, 7) is 1.50. The van der Waals surface area contributed by atoms with Crippen LogP contribution in [0.25, 0.3) is 10.2 Å². The van der Waals surface area contributed by atoms with Crippen LogP contribution in [-0.2, 0) is 4.79 Å². The molecule has 0 atom stereocenters. The van der Waals surface area contributed by atoms with E-state index in [4.69, 9.17) is 11.6 Å². The predicted molar refractivity (Wildman–Crippen MR) is 100 cm³/mol. The maximum atomic E-state index is 12.7. The number of aromatic nitrogens is 1. The van der Waals surface area contributed by atoms with Crippen molar-refractivity contribution in [2.75, 3.05) is 32.1 Å². The van der Waals surface area contributed by atoms with Crippen LogP contribution in [-0.4, -0.2) is 43.0 Å². The van der Waals surface area contributed by atoms with Gasteiger partial charge in [0, 0.05) is 24.0 Å². The Morgan fingerprint density at radius 2 is 2.09 bits per heavy atom. The number of amides is 1. The Kier molecular flexibility index (Phi) is 6.26. The first-order valence-corrected chi connectivity index (χ1v) is 8.76. The number of hydrogen-bond donors (Lipinski definition) is 0. The number of likely N-dealkylation sites (N-methyl/N-ethyl adjacent to an activating group) is 1. The lowest BCUT2D eigenvalue weighted by Crippen LogP contribution is -2.42. The van der Waals surface area contributed by atoms with Crippen molar-refractivity contribution in [2.45, 2.75) is 19.3 Å². The highest BCUT2D eigenvalue weighted by atomic mass is 35.5. The Balaban J connectivity index is 0.00000192. The van der Waals surface area contributed by atoms with Gasteiger partial charge in [-0.25, -0.2) is 4.98 Å². The van der Waals surface area contributed by atoms with Gasteiger partial charge in [0.25, 0.3) is 0 Å². The number of carbonyl (C=O) groups excluding carboxylic acids is 1. The second-order valence-corrected chi connectivity index (χ2v) is 7.47. The molecule has 7 heteroatoms. The first-order chi connectivity index (χ1) is 10.5. The average Bonchev–Trinajstić information content (AvgIpc) is 2.79. The van der Waals surface area contributed by atoms with Crippen molar-refractivity contribution >= 4 is 56.6 Å². The fourth-order valence-electron chi connectivity index (χ4n) is 2.48. The minimum absolute atomic E-state index is 0. The Labute approximate surface area is 151 Å². The molecule has 0 bridgehead atoms. The summed E-state index contributed by atoms with van der Waals surface area (Å²) in [5, 5.41) is 1.49. The Morgan fingerprint density at radius 1 is 1.35 bits per heavy atom. The second kappa shape index (κ2) is 7.79. The van der Waals surface area contributed by atoms with Crippen LogP contribution in [0.1, 0.15) is 19.3 Å². The highest BCUT2D eigenvalue weighted by Crippen LogP contribution is 2.34. The van der Waals surface area contributed by atoms with Crippen LogP contribution in [0.4, 0.5) is 5.13 Å². The summed E-state index contributed by atoms with van der Waals surface area (Å²) >= 11 is 7.59. The normalized spacial score (nSPS) is 14.6. The van der Waals surface area contributed by atoms with E-state index in [1.165, 1.54) is 0 Å². The molecule has 1 aromatic carbocycles. The molecule has 0 saturated heterocycles. The summed E-state index contributed by atoms with van der Waals surface area (Å²) in [4.78, 5) is 21.3. The van der Waals surface area contributed by atoms with Gasteiger partial charge in [-0.05, 0) is 45.1 Å². The number of fused-ring (bicyclic) bond motifs is 1. The molecular formula is C16H21Cl2N3OS. The molecule has 2 aromatic rings. The monoisotopic (exact) mass is 373 g/mol. The van der Waals surface area contributed by atoms with Gasteiger partial charge in [0.2, 0.25) is 5.91 Å². The van der Waals surface area contributed by atoms with Gasteiger partial charge < -0.3 is 4.90 Å². The standard InChI is InChI=1S/C16H20ClN3OS.ClH/c1-19(2)8-9-20(15(21)11-4-3-5-11)16-18-13-7-6-12(17)10-14(13)22-16;/h6-7,10-11H,3-5,8-9H2,1-2H3;1H. The Morgan fingerprint density at radius 3 is 2.70 bits per heavy atom. The molecule has 1 aliphatic carbocycles. The van der Waals surface area contributed by atoms with Crippen molar-refractivity contribution in [3.63, 3.8) is 0 Å². The minimum atomic E-state index is 0. The maximum Gasteiger partial charge on any atom is 0.231 e. The summed E-state index contributed by atoms with van der Waals surface area (Å²) in [5.41, 5.74) is 0.903. The molecule has 0 spiro atoms. The van der Waals surface area contributed by atoms with Crippen molar-refractivity contribution in [3.8, 4) is 0 Å². The number of benzene rings is 1. The number of anilines is 1. The molecule has 1 heterocycles. The Bertz CT molecular complexity index is 685. The third kappa shape index (κ3) is 4.15. The number of halogens is 2. The molecule has 0 aliphatic heterocycles. The van der Waals surface area contributed by atoms with Gasteiger partial charge in [-0.3, -0.25) is 9.69 Å². The molecule has 0 radical (unpaired) electrons. The number of hydrogen-bond acceptors (Lipinski definition) is 4. The van der Waals surface area contributed by atoms with Crippen molar-refractivity contribution in [1.82, 2.24) is 9.88 Å². The van der Waals surface area contributed by atoms with Crippen LogP contribution in [0.5, 0.6) is 0 Å². The largest absolute Gasteiger partial charge is 0.308 e. The van der Waals surface area contributed by atoms with E-state index in [1.54, 1.807) is 11.3 Å². The number of thiazole rings is 1. The van der Waals surface area contributed by atoms with E-state index in [0.29, 0.717) is 11.6 Å². The van der Waals surface area contributed by atoms with Gasteiger partial charge in [0.1, 0.15) is 0 Å². The average molecular weight is 374 g/mol. The van der Waals surface area contributed by atoms with E-state index >= 15 is 0 Å². The van der Waals surface area contributed by atoms with Crippen LogP contribution >= 0.6 is 35.3 Å². The maximum absolute atomic E-state index is 12.7. The first kappa shape index (κ1) is 18.5. The summed E-state index contributed by atoms with van der Waals surface area (Å²) in [5.74, 6) is 0.399. The zero-order valence-corrected chi connectivity index (χ0v) is 15.7. The zero-order chi connectivity index (χ0) is 15.7. The van der Waals surface area contributed by atoms with Gasteiger partial charge in [0.15, 0.2) is 5.13 Å². The SMILES string of the molecule is CN(C)CCN(C(=O)C1CCC1)c1nc2ccc(Cl)cc2s1.Cl. The molecular weight excluding hydrogens is 353 g/mol. The first-order valence-electron chi connectivity index (χ1n) is 7.57. The molecule has 0 N–H and O–H groups in total. The van der Waals surface area contributed by atoms with Crippen molar-refractivity contribution in [1.29, 1.82) is 0 Å². The number of carbonyl (C=O) groups is 1. The lowest BCUT2D eigenvalue weighted by molar-refractivity contribution is -0.124. The summed E-state index contributed by atoms with van der Waals surface area (Å²) < 4.78 is 1.03. The van der Waals surface area contributed by atoms with Crippen LogP contribution in [0, 0.1) is 5.92 Å². The second-order valence-electron chi connectivity index (χ2n) is 6.03. The van der Waals surface area contributed by atoms with E-state index in [2.05, 4.69) is 9.88 Å². The van der Waals surface area contributed by atoms with Crippen molar-refractivity contribution < 1.29 is 4.79 Å². The molecule has 23 heavy (non-hydrogen) atoms. The number of rotatable bonds is 5. The summed E-state index contributed by atoms with van der Waals surface area (Å²) in [6, 6.07) is 5.66. The molecule has 0 unspecified atom stereocenters. The quantitative estimate of drug-likeness (QED) is 0.792. The lowest BCUT2D eigenvalue weighted by atomic mass is 9.84. The van der Waals surface area contributed by atoms with Crippen LogP contribution in [0.2, 0.25) is 5.02 Å². The van der Waals surface area contributed by atoms with Crippen molar-refractivity contribution in [2.24, 2.45) is 5.92 Å². The van der Waals surface area contributed by atoms with Crippen LogP contribution in [0.3, 0.4) is 0 Å². The van der Waals surface area contributed by atoms with E-state index in [1.807, 2.05) is 37.2 Å². The minimum Gasteiger partial charge on any atom is -0.308 e. The third-order valence-corrected chi connectivity index (χ3v) is 5.34. The predicted octanol–water partition coefficient (Wildman–Crippen LogP) is 4.07. The molecule has 1 aliphatic rings. The zero-order valence-electron chi connectivity index (χ0n) is 13.3. The fraction of sp³-hybridized carbons (Fsp3) is 0.500. The van der Waals surface area contributed by atoms with Gasteiger partial charge in [-0.15, -0.1) is 12.4 Å². The lowest BCUT2D eigenvalue weighted by Gasteiger charge is -2.30. The number of nitrogens with zero attached hydrogens (tertiary/aromatic N) is 3. The molecule has 4 nitrogen and oxygen atoms in total. The topological polar surface area (TPSA) is 36.4 Å². The Hall–Kier alpha value is -0.880. The van der Waals surface area contributed by atoms with E-state index in [-0.39, 0.29) is 24.2 Å². The van der Waals surface area contributed by atoms with Gasteiger partial charge in [0.05, 0.1) is 10.2 Å². The summed E-state index contributed by atoms with van der Waals surface area (Å²) in [7, 11) is 4.04. The highest BCUT2D eigenvalue weighted by Gasteiger charge is 2.31. The smallest absolute Gasteiger partial charge is 0.231 e. The summed E-state index contributed by atoms with van der Waals surface area (Å²) in [6.07, 6.45) is 3.18. The third-order valence-electron chi connectivity index (χ3n) is 4.06. The molecule has 1 amide bonds. The van der Waals surface area contributed by atoms with Gasteiger partial charge in [-0.2, -0.15) is 0 Å². The van der Waals surface area contributed by atoms with E-state index < -0.39 is 0 Å².